The molecule has 3 nitrogen and oxygen atoms in total. The Morgan fingerprint density at radius 3 is 2.75 bits per heavy atom. The van der Waals surface area contributed by atoms with Gasteiger partial charge in [0.2, 0.25) is 0 Å². The van der Waals surface area contributed by atoms with Crippen LogP contribution in [0.5, 0.6) is 0 Å². The summed E-state index contributed by atoms with van der Waals surface area (Å²) in [5.41, 5.74) is 4.99. The Morgan fingerprint density at radius 2 is 2.00 bits per heavy atom. The molecule has 2 aromatic carbocycles. The molecular weight excluding hydrogens is 366 g/mol. The maximum Gasteiger partial charge on any atom is 0.251 e. The van der Waals surface area contributed by atoms with Crippen LogP contribution in [-0.4, -0.2) is 30.4 Å². The van der Waals surface area contributed by atoms with Gasteiger partial charge in [-0.05, 0) is 79.5 Å². The van der Waals surface area contributed by atoms with Gasteiger partial charge < -0.3 is 10.1 Å². The van der Waals surface area contributed by atoms with Crippen LogP contribution >= 0.6 is 11.8 Å². The van der Waals surface area contributed by atoms with Gasteiger partial charge in [-0.25, -0.2) is 0 Å². The smallest absolute Gasteiger partial charge is 0.251 e. The normalized spacial score (nSPS) is 21.3. The molecule has 1 aliphatic carbocycles. The van der Waals surface area contributed by atoms with Gasteiger partial charge in [0.15, 0.2) is 0 Å². The Morgan fingerprint density at radius 1 is 1.14 bits per heavy atom. The molecule has 4 heteroatoms. The minimum absolute atomic E-state index is 0.0364. The van der Waals surface area contributed by atoms with Crippen LogP contribution in [0.3, 0.4) is 0 Å². The lowest BCUT2D eigenvalue weighted by Gasteiger charge is -2.26. The van der Waals surface area contributed by atoms with Crippen molar-refractivity contribution in [1.29, 1.82) is 0 Å². The van der Waals surface area contributed by atoms with Gasteiger partial charge in [-0.3, -0.25) is 4.79 Å². The summed E-state index contributed by atoms with van der Waals surface area (Å²) in [5, 5.41) is 3.24. The molecule has 2 aliphatic rings. The van der Waals surface area contributed by atoms with E-state index in [1.807, 2.05) is 23.9 Å². The molecule has 2 atom stereocenters. The third kappa shape index (κ3) is 4.79. The molecular formula is C24H29NO2S. The largest absolute Gasteiger partial charge is 0.377 e. The fourth-order valence-corrected chi connectivity index (χ4v) is 5.06. The molecule has 1 heterocycles. The number of hydrogen-bond acceptors (Lipinski definition) is 3. The molecule has 148 valence electrons. The van der Waals surface area contributed by atoms with Crippen molar-refractivity contribution in [3.63, 3.8) is 0 Å². The zero-order valence-corrected chi connectivity index (χ0v) is 17.4. The molecule has 1 fully saturated rings. The third-order valence-electron chi connectivity index (χ3n) is 5.82. The molecule has 0 saturated carbocycles. The number of rotatable bonds is 6. The fourth-order valence-electron chi connectivity index (χ4n) is 4.09. The van der Waals surface area contributed by atoms with E-state index in [2.05, 4.69) is 42.6 Å². The van der Waals surface area contributed by atoms with Crippen LogP contribution in [-0.2, 0) is 24.0 Å². The van der Waals surface area contributed by atoms with E-state index < -0.39 is 0 Å². The molecule has 1 saturated heterocycles. The van der Waals surface area contributed by atoms with Gasteiger partial charge in [-0.1, -0.05) is 25.1 Å². The van der Waals surface area contributed by atoms with Gasteiger partial charge in [0.25, 0.3) is 5.91 Å². The van der Waals surface area contributed by atoms with Crippen molar-refractivity contribution in [2.75, 3.05) is 12.4 Å². The Kier molecular flexibility index (Phi) is 6.38. The van der Waals surface area contributed by atoms with Crippen LogP contribution in [0, 0.1) is 0 Å². The van der Waals surface area contributed by atoms with E-state index >= 15 is 0 Å². The average Bonchev–Trinajstić information content (AvgIpc) is 3.26. The van der Waals surface area contributed by atoms with Gasteiger partial charge in [0.1, 0.15) is 0 Å². The van der Waals surface area contributed by atoms with E-state index in [0.717, 1.165) is 50.0 Å². The number of thioether (sulfide) groups is 1. The zero-order valence-electron chi connectivity index (χ0n) is 16.6. The molecule has 1 N–H and O–H groups in total. The second kappa shape index (κ2) is 9.15. The third-order valence-corrected chi connectivity index (χ3v) is 6.96. The van der Waals surface area contributed by atoms with Crippen molar-refractivity contribution in [1.82, 2.24) is 5.32 Å². The minimum atomic E-state index is 0.0364. The average molecular weight is 396 g/mol. The SMILES string of the molecule is CCc1ccc2c(c1)CCC(NC(=O)c1ccc(SCC3CCCO3)cc1)C2. The Bertz CT molecular complexity index is 812. The summed E-state index contributed by atoms with van der Waals surface area (Å²) in [7, 11) is 0. The van der Waals surface area contributed by atoms with Crippen LogP contribution in [0.2, 0.25) is 0 Å². The van der Waals surface area contributed by atoms with Crippen molar-refractivity contribution >= 4 is 17.7 Å². The quantitative estimate of drug-likeness (QED) is 0.714. The van der Waals surface area contributed by atoms with Crippen molar-refractivity contribution in [3.8, 4) is 0 Å². The van der Waals surface area contributed by atoms with E-state index in [9.17, 15) is 4.79 Å². The summed E-state index contributed by atoms with van der Waals surface area (Å²) in [5.74, 6) is 1.03. The topological polar surface area (TPSA) is 38.3 Å². The maximum absolute atomic E-state index is 12.7. The first-order valence-corrected chi connectivity index (χ1v) is 11.5. The van der Waals surface area contributed by atoms with Crippen LogP contribution < -0.4 is 5.32 Å². The summed E-state index contributed by atoms with van der Waals surface area (Å²) >= 11 is 1.81. The second-order valence-corrected chi connectivity index (χ2v) is 8.93. The second-order valence-electron chi connectivity index (χ2n) is 7.84. The van der Waals surface area contributed by atoms with E-state index in [-0.39, 0.29) is 11.9 Å². The fraction of sp³-hybridized carbons (Fsp3) is 0.458. The summed E-state index contributed by atoms with van der Waals surface area (Å²) in [6.45, 7) is 3.09. The molecule has 4 rings (SSSR count). The number of carbonyl (C=O) groups is 1. The maximum atomic E-state index is 12.7. The highest BCUT2D eigenvalue weighted by atomic mass is 32.2. The van der Waals surface area contributed by atoms with E-state index in [1.54, 1.807) is 0 Å². The summed E-state index contributed by atoms with van der Waals surface area (Å²) < 4.78 is 5.67. The van der Waals surface area contributed by atoms with Crippen molar-refractivity contribution < 1.29 is 9.53 Å². The number of nitrogens with one attached hydrogen (secondary N) is 1. The van der Waals surface area contributed by atoms with Gasteiger partial charge in [-0.2, -0.15) is 0 Å². The predicted octanol–water partition coefficient (Wildman–Crippen LogP) is 4.81. The molecule has 0 bridgehead atoms. The van der Waals surface area contributed by atoms with Crippen molar-refractivity contribution in [2.24, 2.45) is 0 Å². The molecule has 1 amide bonds. The lowest BCUT2D eigenvalue weighted by molar-refractivity contribution is 0.0933. The highest BCUT2D eigenvalue weighted by Crippen LogP contribution is 2.25. The summed E-state index contributed by atoms with van der Waals surface area (Å²) in [4.78, 5) is 13.9. The number of ether oxygens (including phenoxy) is 1. The van der Waals surface area contributed by atoms with Gasteiger partial charge in [0, 0.05) is 28.9 Å². The Balaban J connectivity index is 1.30. The molecule has 0 radical (unpaired) electrons. The first-order chi connectivity index (χ1) is 13.7. The number of hydrogen-bond donors (Lipinski definition) is 1. The monoisotopic (exact) mass is 395 g/mol. The van der Waals surface area contributed by atoms with Crippen molar-refractivity contribution in [2.45, 2.75) is 62.5 Å². The number of carbonyl (C=O) groups excluding carboxylic acids is 1. The molecule has 0 spiro atoms. The van der Waals surface area contributed by atoms with Crippen molar-refractivity contribution in [3.05, 3.63) is 64.7 Å². The first-order valence-electron chi connectivity index (χ1n) is 10.5. The summed E-state index contributed by atoms with van der Waals surface area (Å²) in [6.07, 6.45) is 6.80. The minimum Gasteiger partial charge on any atom is -0.377 e. The number of aryl methyl sites for hydroxylation is 2. The van der Waals surface area contributed by atoms with E-state index in [0.29, 0.717) is 6.10 Å². The Hall–Kier alpha value is -1.78. The molecule has 2 unspecified atom stereocenters. The number of benzene rings is 2. The molecule has 1 aliphatic heterocycles. The lowest BCUT2D eigenvalue weighted by Crippen LogP contribution is -2.38. The highest BCUT2D eigenvalue weighted by molar-refractivity contribution is 7.99. The summed E-state index contributed by atoms with van der Waals surface area (Å²) in [6, 6.07) is 15.0. The van der Waals surface area contributed by atoms with Gasteiger partial charge in [0.05, 0.1) is 6.10 Å². The van der Waals surface area contributed by atoms with E-state index in [4.69, 9.17) is 4.74 Å². The van der Waals surface area contributed by atoms with Gasteiger partial charge in [-0.15, -0.1) is 11.8 Å². The van der Waals surface area contributed by atoms with Crippen LogP contribution in [0.4, 0.5) is 0 Å². The van der Waals surface area contributed by atoms with E-state index in [1.165, 1.54) is 28.0 Å². The first kappa shape index (κ1) is 19.5. The number of fused-ring (bicyclic) bond motifs is 1. The molecule has 0 aromatic heterocycles. The molecule has 28 heavy (non-hydrogen) atoms. The highest BCUT2D eigenvalue weighted by Gasteiger charge is 2.21. The standard InChI is InChI=1S/C24H29NO2S/c1-2-17-5-6-20-15-21(10-7-19(20)14-17)25-24(26)18-8-11-23(12-9-18)28-16-22-4-3-13-27-22/h5-6,8-9,11-12,14,21-22H,2-4,7,10,13,15-16H2,1H3,(H,25,26). The van der Waals surface area contributed by atoms with Crippen LogP contribution in [0.25, 0.3) is 0 Å². The predicted molar refractivity (Wildman–Crippen MR) is 115 cm³/mol. The lowest BCUT2D eigenvalue weighted by atomic mass is 9.87. The Labute approximate surface area is 172 Å². The van der Waals surface area contributed by atoms with Crippen LogP contribution in [0.15, 0.2) is 47.4 Å². The molecule has 2 aromatic rings. The van der Waals surface area contributed by atoms with Crippen LogP contribution in [0.1, 0.15) is 53.2 Å². The van der Waals surface area contributed by atoms with Gasteiger partial charge >= 0.3 is 0 Å². The number of amides is 1. The zero-order chi connectivity index (χ0) is 19.3.